The normalized spacial score (nSPS) is 11.6. The summed E-state index contributed by atoms with van der Waals surface area (Å²) in [5, 5.41) is 0. The van der Waals surface area contributed by atoms with Crippen molar-refractivity contribution in [1.29, 1.82) is 0 Å². The van der Waals surface area contributed by atoms with Gasteiger partial charge in [-0.1, -0.05) is 25.1 Å². The van der Waals surface area contributed by atoms with Crippen LogP contribution in [0, 0.1) is 6.92 Å². The highest BCUT2D eigenvalue weighted by atomic mass is 32.2. The first-order valence-electron chi connectivity index (χ1n) is 6.88. The Morgan fingerprint density at radius 3 is 2.67 bits per heavy atom. The second kappa shape index (κ2) is 6.60. The zero-order chi connectivity index (χ0) is 15.5. The molecule has 0 saturated heterocycles. The number of thiophene rings is 1. The average Bonchev–Trinajstić information content (AvgIpc) is 2.91. The first-order chi connectivity index (χ1) is 9.97. The number of aryl methyl sites for hydroxylation is 2. The van der Waals surface area contributed by atoms with Gasteiger partial charge in [0, 0.05) is 4.88 Å². The smallest absolute Gasteiger partial charge is 0.271 e. The zero-order valence-corrected chi connectivity index (χ0v) is 13.9. The van der Waals surface area contributed by atoms with Gasteiger partial charge in [0.1, 0.15) is 4.21 Å². The molecule has 21 heavy (non-hydrogen) atoms. The van der Waals surface area contributed by atoms with E-state index < -0.39 is 10.0 Å². The van der Waals surface area contributed by atoms with E-state index in [1.165, 1.54) is 11.3 Å². The lowest BCUT2D eigenvalue weighted by molar-refractivity contribution is 0.603. The Hall–Kier alpha value is -1.37. The molecule has 2 rings (SSSR count). The molecule has 0 amide bonds. The summed E-state index contributed by atoms with van der Waals surface area (Å²) in [6.45, 7) is 4.44. The lowest BCUT2D eigenvalue weighted by atomic mass is 10.1. The van der Waals surface area contributed by atoms with Crippen LogP contribution in [0.25, 0.3) is 0 Å². The van der Waals surface area contributed by atoms with Gasteiger partial charge in [0.2, 0.25) is 0 Å². The summed E-state index contributed by atoms with van der Waals surface area (Å²) in [6, 6.07) is 9.26. The van der Waals surface area contributed by atoms with E-state index in [1.807, 2.05) is 38.1 Å². The van der Waals surface area contributed by atoms with Crippen LogP contribution in [0.3, 0.4) is 0 Å². The lowest BCUT2D eigenvalue weighted by Gasteiger charge is -2.13. The van der Waals surface area contributed by atoms with Crippen LogP contribution in [0.5, 0.6) is 0 Å². The fraction of sp³-hybridized carbons (Fsp3) is 0.333. The minimum absolute atomic E-state index is 0.330. The maximum Gasteiger partial charge on any atom is 0.271 e. The average molecular weight is 324 g/mol. The maximum atomic E-state index is 12.5. The molecule has 1 heterocycles. The highest BCUT2D eigenvalue weighted by molar-refractivity contribution is 7.94. The Morgan fingerprint density at radius 2 is 2.00 bits per heavy atom. The van der Waals surface area contributed by atoms with Crippen molar-refractivity contribution in [3.8, 4) is 0 Å². The first kappa shape index (κ1) is 16.0. The van der Waals surface area contributed by atoms with Crippen molar-refractivity contribution in [3.63, 3.8) is 0 Å². The summed E-state index contributed by atoms with van der Waals surface area (Å²) < 4.78 is 28.1. The number of benzene rings is 1. The van der Waals surface area contributed by atoms with Gasteiger partial charge in [0.05, 0.1) is 5.69 Å². The van der Waals surface area contributed by atoms with E-state index in [1.54, 1.807) is 6.07 Å². The molecule has 4 nitrogen and oxygen atoms in total. The minimum Gasteiger partial charge on any atom is -0.330 e. The third kappa shape index (κ3) is 3.64. The van der Waals surface area contributed by atoms with Crippen molar-refractivity contribution in [1.82, 2.24) is 0 Å². The van der Waals surface area contributed by atoms with Crippen molar-refractivity contribution in [3.05, 3.63) is 46.3 Å². The molecule has 1 aromatic heterocycles. The van der Waals surface area contributed by atoms with E-state index in [0.29, 0.717) is 22.9 Å². The molecule has 0 unspecified atom stereocenters. The van der Waals surface area contributed by atoms with E-state index in [-0.39, 0.29) is 0 Å². The van der Waals surface area contributed by atoms with Crippen molar-refractivity contribution in [2.75, 3.05) is 11.3 Å². The predicted molar refractivity (Wildman–Crippen MR) is 88.4 cm³/mol. The van der Waals surface area contributed by atoms with Crippen LogP contribution in [-0.4, -0.2) is 15.0 Å². The molecule has 6 heteroatoms. The Bertz CT molecular complexity index is 721. The molecule has 1 aromatic carbocycles. The van der Waals surface area contributed by atoms with Gasteiger partial charge < -0.3 is 5.73 Å². The van der Waals surface area contributed by atoms with Gasteiger partial charge >= 0.3 is 0 Å². The third-order valence-corrected chi connectivity index (χ3v) is 6.26. The van der Waals surface area contributed by atoms with Crippen molar-refractivity contribution in [2.24, 2.45) is 5.73 Å². The Kier molecular flexibility index (Phi) is 5.03. The molecule has 0 spiro atoms. The molecule has 0 aliphatic rings. The molecule has 0 atom stereocenters. The number of anilines is 1. The summed E-state index contributed by atoms with van der Waals surface area (Å²) in [5.41, 5.74) is 8.12. The van der Waals surface area contributed by atoms with Crippen LogP contribution in [0.2, 0.25) is 0 Å². The Balaban J connectivity index is 2.33. The number of nitrogens with one attached hydrogen (secondary N) is 1. The molecule has 114 valence electrons. The quantitative estimate of drug-likeness (QED) is 0.858. The van der Waals surface area contributed by atoms with E-state index in [2.05, 4.69) is 4.72 Å². The van der Waals surface area contributed by atoms with Gasteiger partial charge in [-0.3, -0.25) is 4.72 Å². The summed E-state index contributed by atoms with van der Waals surface area (Å²) in [5.74, 6) is 0. The molecular weight excluding hydrogens is 304 g/mol. The first-order valence-corrected chi connectivity index (χ1v) is 9.18. The van der Waals surface area contributed by atoms with Gasteiger partial charge in [-0.2, -0.15) is 0 Å². The molecule has 0 aliphatic heterocycles. The standard InChI is InChI=1S/C15H20N2O2S2/c1-3-12-6-4-5-11(2)15(12)17-21(18,19)14-8-7-13(20-14)9-10-16/h4-8,17H,3,9-10,16H2,1-2H3. The van der Waals surface area contributed by atoms with Crippen LogP contribution >= 0.6 is 11.3 Å². The van der Waals surface area contributed by atoms with Crippen LogP contribution in [-0.2, 0) is 22.9 Å². The molecule has 0 saturated carbocycles. The summed E-state index contributed by atoms with van der Waals surface area (Å²) >= 11 is 1.27. The molecule has 0 radical (unpaired) electrons. The van der Waals surface area contributed by atoms with Crippen molar-refractivity contribution >= 4 is 27.0 Å². The number of para-hydroxylation sites is 1. The van der Waals surface area contributed by atoms with E-state index in [9.17, 15) is 8.42 Å². The fourth-order valence-electron chi connectivity index (χ4n) is 2.13. The number of hydrogen-bond donors (Lipinski definition) is 2. The van der Waals surface area contributed by atoms with Gasteiger partial charge in [0.15, 0.2) is 0 Å². The van der Waals surface area contributed by atoms with Gasteiger partial charge in [-0.25, -0.2) is 8.42 Å². The molecular formula is C15H20N2O2S2. The molecule has 2 aromatic rings. The van der Waals surface area contributed by atoms with Crippen LogP contribution in [0.4, 0.5) is 5.69 Å². The van der Waals surface area contributed by atoms with Gasteiger partial charge in [-0.15, -0.1) is 11.3 Å². The number of hydrogen-bond acceptors (Lipinski definition) is 4. The van der Waals surface area contributed by atoms with E-state index >= 15 is 0 Å². The summed E-state index contributed by atoms with van der Waals surface area (Å²) in [4.78, 5) is 0.985. The zero-order valence-electron chi connectivity index (χ0n) is 12.2. The van der Waals surface area contributed by atoms with Gasteiger partial charge in [-0.05, 0) is 49.6 Å². The predicted octanol–water partition coefficient (Wildman–Crippen LogP) is 2.92. The van der Waals surface area contributed by atoms with Crippen LogP contribution < -0.4 is 10.5 Å². The summed E-state index contributed by atoms with van der Waals surface area (Å²) in [6.07, 6.45) is 1.48. The highest BCUT2D eigenvalue weighted by Crippen LogP contribution is 2.28. The molecule has 0 aliphatic carbocycles. The van der Waals surface area contributed by atoms with Gasteiger partial charge in [0.25, 0.3) is 10.0 Å². The molecule has 0 fully saturated rings. The highest BCUT2D eigenvalue weighted by Gasteiger charge is 2.19. The second-order valence-corrected chi connectivity index (χ2v) is 7.91. The maximum absolute atomic E-state index is 12.5. The Labute approximate surface area is 130 Å². The SMILES string of the molecule is CCc1cccc(C)c1NS(=O)(=O)c1ccc(CCN)s1. The minimum atomic E-state index is -3.54. The lowest BCUT2D eigenvalue weighted by Crippen LogP contribution is -2.14. The summed E-state index contributed by atoms with van der Waals surface area (Å²) in [7, 11) is -3.54. The number of sulfonamides is 1. The van der Waals surface area contributed by atoms with E-state index in [0.717, 1.165) is 22.4 Å². The van der Waals surface area contributed by atoms with Crippen LogP contribution in [0.1, 0.15) is 22.9 Å². The molecule has 3 N–H and O–H groups in total. The monoisotopic (exact) mass is 324 g/mol. The van der Waals surface area contributed by atoms with Crippen molar-refractivity contribution < 1.29 is 8.42 Å². The van der Waals surface area contributed by atoms with Crippen LogP contribution in [0.15, 0.2) is 34.5 Å². The second-order valence-electron chi connectivity index (χ2n) is 4.83. The van der Waals surface area contributed by atoms with E-state index in [4.69, 9.17) is 5.73 Å². The molecule has 0 bridgehead atoms. The van der Waals surface area contributed by atoms with Crippen molar-refractivity contribution in [2.45, 2.75) is 30.9 Å². The Morgan fingerprint density at radius 1 is 1.24 bits per heavy atom. The largest absolute Gasteiger partial charge is 0.330 e. The number of nitrogens with two attached hydrogens (primary N) is 1. The fourth-order valence-corrected chi connectivity index (χ4v) is 4.68. The topological polar surface area (TPSA) is 72.2 Å². The third-order valence-electron chi connectivity index (χ3n) is 3.27. The number of rotatable bonds is 6.